The number of nitrogens with zero attached hydrogens (tertiary/aromatic N) is 4. The van der Waals surface area contributed by atoms with Crippen LogP contribution in [0.4, 0.5) is 4.79 Å². The molecule has 2 bridgehead atoms. The number of fused-ring (bicyclic) bond motifs is 6. The molecule has 6 rings (SSSR count). The number of carboxylic acids is 1. The van der Waals surface area contributed by atoms with E-state index < -0.39 is 11.4 Å². The van der Waals surface area contributed by atoms with Crippen LogP contribution < -0.4 is 4.74 Å². The molecule has 3 aliphatic rings. The number of hydrogen-bond donors (Lipinski definition) is 1. The summed E-state index contributed by atoms with van der Waals surface area (Å²) in [6, 6.07) is 12.5. The summed E-state index contributed by atoms with van der Waals surface area (Å²) in [4.78, 5) is 43.1. The Hall–Kier alpha value is -3.89. The number of ether oxygens (including phenoxy) is 2. The molecule has 2 aromatic carbocycles. The number of amides is 3. The summed E-state index contributed by atoms with van der Waals surface area (Å²) < 4.78 is 13.7. The standard InChI is InChI=1S/C29H32N4O6/c1-29-18-32(28(37)30(2)27(29)36)17-24-25(29)22-15-21(39-14-11-31-9-12-38-13-10-31)7-8-23(22)33(24)16-19-3-5-20(6-4-19)26(34)35/h3-8,15H,9-14,16-18H2,1-2H3,(H,34,35)/t29-/m0/s1. The number of carbonyl (C=O) groups excluding carboxylic acids is 2. The molecule has 2 saturated heterocycles. The van der Waals surface area contributed by atoms with Gasteiger partial charge in [-0.2, -0.15) is 0 Å². The summed E-state index contributed by atoms with van der Waals surface area (Å²) in [5.41, 5.74) is 3.06. The lowest BCUT2D eigenvalue weighted by Crippen LogP contribution is -2.63. The quantitative estimate of drug-likeness (QED) is 0.499. The number of imide groups is 1. The van der Waals surface area contributed by atoms with Crippen LogP contribution in [-0.2, 0) is 28.0 Å². The third-order valence-corrected chi connectivity index (χ3v) is 8.20. The van der Waals surface area contributed by atoms with Gasteiger partial charge in [0, 0.05) is 56.4 Å². The fourth-order valence-electron chi connectivity index (χ4n) is 6.17. The zero-order valence-corrected chi connectivity index (χ0v) is 22.2. The van der Waals surface area contributed by atoms with Gasteiger partial charge in [0.25, 0.3) is 0 Å². The van der Waals surface area contributed by atoms with Crippen LogP contribution in [0.25, 0.3) is 10.9 Å². The predicted molar refractivity (Wildman–Crippen MR) is 143 cm³/mol. The summed E-state index contributed by atoms with van der Waals surface area (Å²) in [5, 5.41) is 10.2. The Balaban J connectivity index is 1.40. The monoisotopic (exact) mass is 532 g/mol. The average molecular weight is 533 g/mol. The molecule has 0 unspecified atom stereocenters. The minimum atomic E-state index is -0.971. The third kappa shape index (κ3) is 4.33. The van der Waals surface area contributed by atoms with Crippen molar-refractivity contribution >= 4 is 28.8 Å². The largest absolute Gasteiger partial charge is 0.492 e. The molecule has 1 N–H and O–H groups in total. The second kappa shape index (κ2) is 9.69. The van der Waals surface area contributed by atoms with Gasteiger partial charge < -0.3 is 24.0 Å². The molecule has 10 nitrogen and oxygen atoms in total. The summed E-state index contributed by atoms with van der Waals surface area (Å²) >= 11 is 0. The van der Waals surface area contributed by atoms with Crippen molar-refractivity contribution in [1.29, 1.82) is 0 Å². The van der Waals surface area contributed by atoms with Gasteiger partial charge >= 0.3 is 12.0 Å². The van der Waals surface area contributed by atoms with Gasteiger partial charge in [-0.25, -0.2) is 9.59 Å². The lowest BCUT2D eigenvalue weighted by molar-refractivity contribution is -0.137. The number of aromatic carboxylic acids is 1. The highest BCUT2D eigenvalue weighted by Gasteiger charge is 2.52. The number of rotatable bonds is 7. The van der Waals surface area contributed by atoms with E-state index in [1.807, 2.05) is 25.1 Å². The van der Waals surface area contributed by atoms with Crippen LogP contribution in [-0.4, -0.2) is 95.3 Å². The first-order valence-electron chi connectivity index (χ1n) is 13.2. The number of urea groups is 1. The molecule has 0 saturated carbocycles. The Morgan fingerprint density at radius 2 is 1.85 bits per heavy atom. The Morgan fingerprint density at radius 3 is 2.56 bits per heavy atom. The first kappa shape index (κ1) is 25.4. The molecule has 3 aromatic rings. The van der Waals surface area contributed by atoms with E-state index in [0.717, 1.165) is 66.3 Å². The fourth-order valence-corrected chi connectivity index (χ4v) is 6.17. The van der Waals surface area contributed by atoms with Crippen LogP contribution in [0.15, 0.2) is 42.5 Å². The molecule has 1 atom stereocenters. The first-order chi connectivity index (χ1) is 18.8. The normalized spacial score (nSPS) is 21.4. The zero-order valence-electron chi connectivity index (χ0n) is 22.2. The third-order valence-electron chi connectivity index (χ3n) is 8.20. The molecule has 0 aliphatic carbocycles. The van der Waals surface area contributed by atoms with Crippen molar-refractivity contribution in [2.45, 2.75) is 25.4 Å². The number of hydrogen-bond acceptors (Lipinski definition) is 6. The van der Waals surface area contributed by atoms with Crippen LogP contribution in [0, 0.1) is 0 Å². The van der Waals surface area contributed by atoms with Gasteiger partial charge in [-0.05, 0) is 48.4 Å². The lowest BCUT2D eigenvalue weighted by atomic mass is 9.75. The van der Waals surface area contributed by atoms with E-state index in [2.05, 4.69) is 9.47 Å². The highest BCUT2D eigenvalue weighted by atomic mass is 16.5. The molecule has 3 amide bonds. The maximum Gasteiger partial charge on any atom is 0.335 e. The molecule has 4 heterocycles. The predicted octanol–water partition coefficient (Wildman–Crippen LogP) is 2.76. The van der Waals surface area contributed by atoms with Crippen LogP contribution in [0.5, 0.6) is 5.75 Å². The Labute approximate surface area is 226 Å². The van der Waals surface area contributed by atoms with Gasteiger partial charge in [-0.3, -0.25) is 14.6 Å². The van der Waals surface area contributed by atoms with Crippen molar-refractivity contribution in [1.82, 2.24) is 19.3 Å². The molecule has 2 fully saturated rings. The van der Waals surface area contributed by atoms with E-state index in [0.29, 0.717) is 26.2 Å². The first-order valence-corrected chi connectivity index (χ1v) is 13.2. The van der Waals surface area contributed by atoms with E-state index in [-0.39, 0.29) is 17.5 Å². The summed E-state index contributed by atoms with van der Waals surface area (Å²) in [5.74, 6) is -0.449. The minimum absolute atomic E-state index is 0.215. The van der Waals surface area contributed by atoms with Crippen LogP contribution in [0.1, 0.15) is 34.1 Å². The summed E-state index contributed by atoms with van der Waals surface area (Å²) in [6.45, 7) is 7.75. The van der Waals surface area contributed by atoms with Crippen molar-refractivity contribution in [3.8, 4) is 5.75 Å². The van der Waals surface area contributed by atoms with Gasteiger partial charge in [0.05, 0.1) is 30.7 Å². The van der Waals surface area contributed by atoms with Gasteiger partial charge in [0.1, 0.15) is 12.4 Å². The number of carbonyl (C=O) groups is 3. The van der Waals surface area contributed by atoms with Crippen molar-refractivity contribution in [3.63, 3.8) is 0 Å². The van der Waals surface area contributed by atoms with Crippen molar-refractivity contribution in [3.05, 3.63) is 64.8 Å². The second-order valence-corrected chi connectivity index (χ2v) is 10.7. The highest BCUT2D eigenvalue weighted by molar-refractivity contribution is 6.06. The number of likely N-dealkylation sites (N-methyl/N-ethyl adjacent to an activating group) is 1. The van der Waals surface area contributed by atoms with E-state index in [1.165, 1.54) is 4.90 Å². The molecule has 204 valence electrons. The topological polar surface area (TPSA) is 105 Å². The van der Waals surface area contributed by atoms with Crippen LogP contribution >= 0.6 is 0 Å². The molecule has 39 heavy (non-hydrogen) atoms. The molecule has 1 aromatic heterocycles. The molecule has 10 heteroatoms. The Bertz CT molecular complexity index is 1460. The summed E-state index contributed by atoms with van der Waals surface area (Å²) in [6.07, 6.45) is 0. The van der Waals surface area contributed by atoms with Gasteiger partial charge in [0.2, 0.25) is 5.91 Å². The van der Waals surface area contributed by atoms with Crippen molar-refractivity contribution in [2.24, 2.45) is 0 Å². The van der Waals surface area contributed by atoms with E-state index in [1.54, 1.807) is 36.2 Å². The van der Waals surface area contributed by atoms with E-state index in [4.69, 9.17) is 9.47 Å². The molecule has 3 aliphatic heterocycles. The maximum atomic E-state index is 13.5. The number of carboxylic acid groups (broad SMARTS) is 1. The molecular weight excluding hydrogens is 500 g/mol. The average Bonchev–Trinajstić information content (AvgIpc) is 3.25. The minimum Gasteiger partial charge on any atom is -0.492 e. The van der Waals surface area contributed by atoms with Gasteiger partial charge in [-0.15, -0.1) is 0 Å². The zero-order chi connectivity index (χ0) is 27.3. The van der Waals surface area contributed by atoms with Crippen molar-refractivity contribution in [2.75, 3.05) is 53.0 Å². The molecule has 0 spiro atoms. The fraction of sp³-hybridized carbons (Fsp3) is 0.414. The summed E-state index contributed by atoms with van der Waals surface area (Å²) in [7, 11) is 1.55. The number of aromatic nitrogens is 1. The highest BCUT2D eigenvalue weighted by Crippen LogP contribution is 2.45. The molecular formula is C29H32N4O6. The molecule has 0 radical (unpaired) electrons. The smallest absolute Gasteiger partial charge is 0.335 e. The van der Waals surface area contributed by atoms with Crippen LogP contribution in [0.2, 0.25) is 0 Å². The number of morpholine rings is 1. The second-order valence-electron chi connectivity index (χ2n) is 10.7. The Morgan fingerprint density at radius 1 is 1.10 bits per heavy atom. The van der Waals surface area contributed by atoms with Gasteiger partial charge in [0.15, 0.2) is 0 Å². The van der Waals surface area contributed by atoms with Crippen molar-refractivity contribution < 1.29 is 29.0 Å². The lowest BCUT2D eigenvalue weighted by Gasteiger charge is -2.47. The number of benzene rings is 2. The Kier molecular flexibility index (Phi) is 6.31. The van der Waals surface area contributed by atoms with E-state index >= 15 is 0 Å². The SMILES string of the molecule is CN1C(=O)N2Cc3c(c4cc(OCCN5CCOCC5)ccc4n3Cc3ccc(C(=O)O)cc3)[C@](C)(C2)C1=O. The van der Waals surface area contributed by atoms with Crippen LogP contribution in [0.3, 0.4) is 0 Å². The van der Waals surface area contributed by atoms with Gasteiger partial charge in [-0.1, -0.05) is 12.1 Å². The van der Waals surface area contributed by atoms with E-state index in [9.17, 15) is 19.5 Å². The maximum absolute atomic E-state index is 13.5.